The number of carbonyl (C=O) groups excluding carboxylic acids is 1. The highest BCUT2D eigenvalue weighted by Gasteiger charge is 2.18. The second kappa shape index (κ2) is 7.43. The summed E-state index contributed by atoms with van der Waals surface area (Å²) in [5, 5.41) is 0. The molecule has 0 bridgehead atoms. The van der Waals surface area contributed by atoms with Crippen molar-refractivity contribution >= 4 is 5.91 Å². The third kappa shape index (κ3) is 3.82. The van der Waals surface area contributed by atoms with E-state index in [1.807, 2.05) is 29.5 Å². The molecule has 0 saturated carbocycles. The lowest BCUT2D eigenvalue weighted by Gasteiger charge is -2.21. The van der Waals surface area contributed by atoms with Crippen molar-refractivity contribution in [2.24, 2.45) is 0 Å². The van der Waals surface area contributed by atoms with Crippen LogP contribution >= 0.6 is 0 Å². The second-order valence-electron chi connectivity index (χ2n) is 5.31. The summed E-state index contributed by atoms with van der Waals surface area (Å²) >= 11 is 0. The maximum absolute atomic E-state index is 12.4. The molecule has 2 heterocycles. The van der Waals surface area contributed by atoms with Gasteiger partial charge < -0.3 is 14.2 Å². The fourth-order valence-corrected chi connectivity index (χ4v) is 2.70. The van der Waals surface area contributed by atoms with E-state index in [2.05, 4.69) is 4.98 Å². The van der Waals surface area contributed by atoms with Crippen molar-refractivity contribution in [1.29, 1.82) is 0 Å². The van der Waals surface area contributed by atoms with E-state index < -0.39 is 0 Å². The van der Waals surface area contributed by atoms with Crippen molar-refractivity contribution in [3.05, 3.63) is 18.2 Å². The first-order valence-corrected chi connectivity index (χ1v) is 7.62. The largest absolute Gasteiger partial charge is 0.371 e. The lowest BCUT2D eigenvalue weighted by atomic mass is 10.2. The van der Waals surface area contributed by atoms with E-state index in [0.717, 1.165) is 31.8 Å². The summed E-state index contributed by atoms with van der Waals surface area (Å²) < 4.78 is 7.48. The van der Waals surface area contributed by atoms with Gasteiger partial charge in [-0.15, -0.1) is 0 Å². The minimum atomic E-state index is -0.0769. The number of hydrogen-bond acceptors (Lipinski definition) is 3. The number of nitrogens with zero attached hydrogens (tertiary/aromatic N) is 3. The molecule has 1 aliphatic rings. The lowest BCUT2D eigenvalue weighted by molar-refractivity contribution is -0.131. The summed E-state index contributed by atoms with van der Waals surface area (Å²) in [4.78, 5) is 18.7. The minimum Gasteiger partial charge on any atom is -0.371 e. The zero-order valence-electron chi connectivity index (χ0n) is 12.5. The molecule has 5 heteroatoms. The zero-order valence-corrected chi connectivity index (χ0v) is 12.5. The Hall–Kier alpha value is -1.36. The van der Waals surface area contributed by atoms with Crippen molar-refractivity contribution in [2.45, 2.75) is 52.2 Å². The van der Waals surface area contributed by atoms with Gasteiger partial charge >= 0.3 is 0 Å². The summed E-state index contributed by atoms with van der Waals surface area (Å²) in [5.74, 6) is 1.02. The van der Waals surface area contributed by atoms with Gasteiger partial charge in [-0.2, -0.15) is 0 Å². The number of aromatic nitrogens is 2. The van der Waals surface area contributed by atoms with Gasteiger partial charge in [0, 0.05) is 32.1 Å². The average molecular weight is 279 g/mol. The van der Waals surface area contributed by atoms with Gasteiger partial charge in [0.1, 0.15) is 18.5 Å². The summed E-state index contributed by atoms with van der Waals surface area (Å²) in [7, 11) is 0. The molecule has 1 fully saturated rings. The van der Waals surface area contributed by atoms with Crippen molar-refractivity contribution < 1.29 is 9.53 Å². The Balaban J connectivity index is 1.98. The van der Waals surface area contributed by atoms with E-state index in [9.17, 15) is 4.79 Å². The van der Waals surface area contributed by atoms with Crippen LogP contribution < -0.4 is 0 Å². The van der Waals surface area contributed by atoms with Crippen LogP contribution in [0.5, 0.6) is 0 Å². The number of likely N-dealkylation sites (tertiary alicyclic amines) is 1. The van der Waals surface area contributed by atoms with Crippen LogP contribution in [0, 0.1) is 0 Å². The van der Waals surface area contributed by atoms with E-state index in [-0.39, 0.29) is 12.0 Å². The SMILES string of the molecule is CCO[C@H](C)c1nccn1CC(=O)N1CCCCCC1. The molecule has 112 valence electrons. The Morgan fingerprint density at radius 1 is 1.35 bits per heavy atom. The number of hydrogen-bond donors (Lipinski definition) is 0. The van der Waals surface area contributed by atoms with E-state index >= 15 is 0 Å². The maximum atomic E-state index is 12.4. The zero-order chi connectivity index (χ0) is 14.4. The van der Waals surface area contributed by atoms with Crippen LogP contribution in [0.15, 0.2) is 12.4 Å². The number of amides is 1. The summed E-state index contributed by atoms with van der Waals surface area (Å²) in [5.41, 5.74) is 0. The highest BCUT2D eigenvalue weighted by Crippen LogP contribution is 2.15. The molecular formula is C15H25N3O2. The third-order valence-electron chi connectivity index (χ3n) is 3.79. The van der Waals surface area contributed by atoms with Crippen LogP contribution in [0.25, 0.3) is 0 Å². The predicted molar refractivity (Wildman–Crippen MR) is 77.3 cm³/mol. The molecule has 0 radical (unpaired) electrons. The molecular weight excluding hydrogens is 254 g/mol. The fraction of sp³-hybridized carbons (Fsp3) is 0.733. The molecule has 1 saturated heterocycles. The number of ether oxygens (including phenoxy) is 1. The Morgan fingerprint density at radius 3 is 2.70 bits per heavy atom. The van der Waals surface area contributed by atoms with E-state index in [0.29, 0.717) is 13.2 Å². The molecule has 5 nitrogen and oxygen atoms in total. The third-order valence-corrected chi connectivity index (χ3v) is 3.79. The normalized spacial score (nSPS) is 17.8. The number of rotatable bonds is 5. The molecule has 1 aromatic heterocycles. The van der Waals surface area contributed by atoms with Gasteiger partial charge in [0.15, 0.2) is 0 Å². The fourth-order valence-electron chi connectivity index (χ4n) is 2.70. The number of carbonyl (C=O) groups is 1. The Kier molecular flexibility index (Phi) is 5.59. The van der Waals surface area contributed by atoms with Gasteiger partial charge in [-0.25, -0.2) is 4.98 Å². The molecule has 0 N–H and O–H groups in total. The highest BCUT2D eigenvalue weighted by atomic mass is 16.5. The highest BCUT2D eigenvalue weighted by molar-refractivity contribution is 5.76. The molecule has 0 aliphatic carbocycles. The smallest absolute Gasteiger partial charge is 0.242 e. The Labute approximate surface area is 120 Å². The van der Waals surface area contributed by atoms with Crippen molar-refractivity contribution in [1.82, 2.24) is 14.5 Å². The molecule has 2 rings (SSSR count). The second-order valence-corrected chi connectivity index (χ2v) is 5.31. The molecule has 0 spiro atoms. The van der Waals surface area contributed by atoms with Gasteiger partial charge in [-0.1, -0.05) is 12.8 Å². The van der Waals surface area contributed by atoms with Crippen molar-refractivity contribution in [3.8, 4) is 0 Å². The molecule has 1 atom stereocenters. The Bertz CT molecular complexity index is 423. The van der Waals surface area contributed by atoms with Gasteiger partial charge in [0.25, 0.3) is 0 Å². The lowest BCUT2D eigenvalue weighted by Crippen LogP contribution is -2.35. The molecule has 1 amide bonds. The summed E-state index contributed by atoms with van der Waals surface area (Å²) in [6, 6.07) is 0. The van der Waals surface area contributed by atoms with Crippen molar-refractivity contribution in [3.63, 3.8) is 0 Å². The standard InChI is InChI=1S/C15H25N3O2/c1-3-20-13(2)15-16-8-11-18(15)12-14(19)17-9-6-4-5-7-10-17/h8,11,13H,3-7,9-10,12H2,1-2H3/t13-/m1/s1. The Morgan fingerprint density at radius 2 is 2.05 bits per heavy atom. The van der Waals surface area contributed by atoms with Crippen LogP contribution in [-0.2, 0) is 16.1 Å². The molecule has 0 aromatic carbocycles. The van der Waals surface area contributed by atoms with Gasteiger partial charge in [0.05, 0.1) is 0 Å². The van der Waals surface area contributed by atoms with Gasteiger partial charge in [-0.3, -0.25) is 4.79 Å². The molecule has 20 heavy (non-hydrogen) atoms. The van der Waals surface area contributed by atoms with Crippen molar-refractivity contribution in [2.75, 3.05) is 19.7 Å². The van der Waals surface area contributed by atoms with Crippen LogP contribution in [0.1, 0.15) is 51.5 Å². The van der Waals surface area contributed by atoms with E-state index in [1.165, 1.54) is 12.8 Å². The van der Waals surface area contributed by atoms with Crippen LogP contribution in [0.2, 0.25) is 0 Å². The van der Waals surface area contributed by atoms with Crippen LogP contribution in [0.4, 0.5) is 0 Å². The monoisotopic (exact) mass is 279 g/mol. The minimum absolute atomic E-state index is 0.0769. The quantitative estimate of drug-likeness (QED) is 0.831. The molecule has 1 aromatic rings. The molecule has 1 aliphatic heterocycles. The van der Waals surface area contributed by atoms with Gasteiger partial charge in [-0.05, 0) is 26.7 Å². The first-order chi connectivity index (χ1) is 9.72. The summed E-state index contributed by atoms with van der Waals surface area (Å²) in [6.45, 7) is 6.74. The van der Waals surface area contributed by atoms with Gasteiger partial charge in [0.2, 0.25) is 5.91 Å². The first-order valence-electron chi connectivity index (χ1n) is 7.62. The number of imidazole rings is 1. The van der Waals surface area contributed by atoms with E-state index in [4.69, 9.17) is 4.74 Å². The van der Waals surface area contributed by atoms with Crippen LogP contribution in [0.3, 0.4) is 0 Å². The average Bonchev–Trinajstić information content (AvgIpc) is 2.72. The first kappa shape index (κ1) is 15.0. The maximum Gasteiger partial charge on any atom is 0.242 e. The van der Waals surface area contributed by atoms with E-state index in [1.54, 1.807) is 6.20 Å². The molecule has 0 unspecified atom stereocenters. The van der Waals surface area contributed by atoms with Crippen LogP contribution in [-0.4, -0.2) is 40.1 Å². The topological polar surface area (TPSA) is 47.4 Å². The summed E-state index contributed by atoms with van der Waals surface area (Å²) in [6.07, 6.45) is 8.24. The predicted octanol–water partition coefficient (Wildman–Crippen LogP) is 2.38.